The van der Waals surface area contributed by atoms with Crippen molar-refractivity contribution >= 4 is 29.3 Å². The van der Waals surface area contributed by atoms with E-state index in [2.05, 4.69) is 0 Å². The van der Waals surface area contributed by atoms with Gasteiger partial charge in [-0.15, -0.1) is 11.8 Å². The summed E-state index contributed by atoms with van der Waals surface area (Å²) in [7, 11) is 0. The van der Waals surface area contributed by atoms with Crippen molar-refractivity contribution in [1.29, 1.82) is 0 Å². The fourth-order valence-electron chi connectivity index (χ4n) is 2.07. The van der Waals surface area contributed by atoms with Crippen LogP contribution in [0.5, 0.6) is 0 Å². The van der Waals surface area contributed by atoms with Gasteiger partial charge in [-0.2, -0.15) is 13.2 Å². The van der Waals surface area contributed by atoms with Gasteiger partial charge in [0.15, 0.2) is 0 Å². The lowest BCUT2D eigenvalue weighted by Crippen LogP contribution is -2.07. The smallest absolute Gasteiger partial charge is 0.298 e. The summed E-state index contributed by atoms with van der Waals surface area (Å²) < 4.78 is 37.4. The van der Waals surface area contributed by atoms with Crippen LogP contribution < -0.4 is 0 Å². The number of rotatable bonds is 3. The van der Waals surface area contributed by atoms with Gasteiger partial charge in [-0.25, -0.2) is 0 Å². The molecule has 2 rings (SSSR count). The molecule has 6 heteroatoms. The molecule has 1 aliphatic heterocycles. The van der Waals surface area contributed by atoms with Crippen molar-refractivity contribution in [3.63, 3.8) is 0 Å². The van der Waals surface area contributed by atoms with Gasteiger partial charge >= 0.3 is 5.51 Å². The molecule has 1 aromatic rings. The highest BCUT2D eigenvalue weighted by Crippen LogP contribution is 2.40. The van der Waals surface area contributed by atoms with Crippen LogP contribution in [0.3, 0.4) is 0 Å². The molecule has 2 unspecified atom stereocenters. The third kappa shape index (κ3) is 4.18. The first-order valence-electron chi connectivity index (χ1n) is 5.87. The van der Waals surface area contributed by atoms with Gasteiger partial charge in [0.25, 0.3) is 0 Å². The highest BCUT2D eigenvalue weighted by molar-refractivity contribution is 8.01. The third-order valence-electron chi connectivity index (χ3n) is 2.92. The summed E-state index contributed by atoms with van der Waals surface area (Å²) in [6, 6.07) is 6.54. The Morgan fingerprint density at radius 3 is 2.63 bits per heavy atom. The van der Waals surface area contributed by atoms with Crippen LogP contribution in [0.1, 0.15) is 18.9 Å². The monoisotopic (exact) mass is 306 g/mol. The molecule has 0 aliphatic carbocycles. The number of carbonyl (C=O) groups excluding carboxylic acids is 1. The van der Waals surface area contributed by atoms with Crippen LogP contribution in [0.4, 0.5) is 13.2 Å². The number of hydrogen-bond donors (Lipinski definition) is 0. The number of thioether (sulfide) groups is 2. The zero-order valence-electron chi connectivity index (χ0n) is 10.2. The zero-order chi connectivity index (χ0) is 14.0. The predicted molar refractivity (Wildman–Crippen MR) is 72.5 cm³/mol. The first-order chi connectivity index (χ1) is 8.85. The lowest BCUT2D eigenvalue weighted by atomic mass is 10.1. The van der Waals surface area contributed by atoms with Crippen molar-refractivity contribution < 1.29 is 18.0 Å². The standard InChI is InChI=1S/C13H13F3OS2/c1-8-11(17)7-10(18-8)6-9-4-2-3-5-12(9)19-13(14,15)16/h2-5,8,10H,6-7H2,1H3. The van der Waals surface area contributed by atoms with Gasteiger partial charge in [0.2, 0.25) is 0 Å². The molecule has 2 atom stereocenters. The fourth-order valence-corrected chi connectivity index (χ4v) is 4.11. The van der Waals surface area contributed by atoms with E-state index in [-0.39, 0.29) is 32.9 Å². The van der Waals surface area contributed by atoms with Crippen LogP contribution in [0, 0.1) is 0 Å². The molecule has 0 N–H and O–H groups in total. The molecule has 0 aromatic heterocycles. The maximum absolute atomic E-state index is 12.5. The van der Waals surface area contributed by atoms with E-state index in [4.69, 9.17) is 0 Å². The van der Waals surface area contributed by atoms with Gasteiger partial charge in [0.1, 0.15) is 5.78 Å². The van der Waals surface area contributed by atoms with E-state index in [1.54, 1.807) is 30.0 Å². The van der Waals surface area contributed by atoms with Gasteiger partial charge in [0.05, 0.1) is 5.25 Å². The van der Waals surface area contributed by atoms with Crippen molar-refractivity contribution in [2.75, 3.05) is 0 Å². The van der Waals surface area contributed by atoms with Gasteiger partial charge in [-0.05, 0) is 36.7 Å². The number of hydrogen-bond acceptors (Lipinski definition) is 3. The molecule has 1 saturated heterocycles. The first-order valence-corrected chi connectivity index (χ1v) is 7.63. The van der Waals surface area contributed by atoms with Gasteiger partial charge < -0.3 is 0 Å². The van der Waals surface area contributed by atoms with Crippen molar-refractivity contribution in [3.8, 4) is 0 Å². The van der Waals surface area contributed by atoms with Gasteiger partial charge in [-0.3, -0.25) is 4.79 Å². The lowest BCUT2D eigenvalue weighted by Gasteiger charge is -2.13. The third-order valence-corrected chi connectivity index (χ3v) is 5.16. The largest absolute Gasteiger partial charge is 0.446 e. The predicted octanol–water partition coefficient (Wildman–Crippen LogP) is 4.30. The van der Waals surface area contributed by atoms with Crippen LogP contribution in [0.15, 0.2) is 29.2 Å². The Morgan fingerprint density at radius 1 is 1.37 bits per heavy atom. The molecule has 1 nitrogen and oxygen atoms in total. The molecule has 104 valence electrons. The maximum atomic E-state index is 12.5. The van der Waals surface area contributed by atoms with E-state index < -0.39 is 5.51 Å². The number of carbonyl (C=O) groups is 1. The van der Waals surface area contributed by atoms with E-state index in [1.165, 1.54) is 6.07 Å². The lowest BCUT2D eigenvalue weighted by molar-refractivity contribution is -0.117. The second-order valence-electron chi connectivity index (χ2n) is 4.43. The number of halogens is 3. The molecular weight excluding hydrogens is 293 g/mol. The highest BCUT2D eigenvalue weighted by atomic mass is 32.2. The Labute approximate surface area is 118 Å². The van der Waals surface area contributed by atoms with Gasteiger partial charge in [0, 0.05) is 16.6 Å². The Bertz CT molecular complexity index is 473. The summed E-state index contributed by atoms with van der Waals surface area (Å²) in [5, 5.41) is 0.0601. The number of Topliss-reactive ketones (excluding diaryl/α,β-unsaturated/α-hetero) is 1. The summed E-state index contributed by atoms with van der Waals surface area (Å²) in [6.45, 7) is 1.85. The summed E-state index contributed by atoms with van der Waals surface area (Å²) in [4.78, 5) is 11.7. The molecule has 0 amide bonds. The summed E-state index contributed by atoms with van der Waals surface area (Å²) >= 11 is 1.47. The molecule has 0 spiro atoms. The molecule has 1 aromatic carbocycles. The average molecular weight is 306 g/mol. The minimum atomic E-state index is -4.28. The molecule has 19 heavy (non-hydrogen) atoms. The number of alkyl halides is 3. The Kier molecular flexibility index (Phi) is 4.50. The summed E-state index contributed by atoms with van der Waals surface area (Å²) in [5.41, 5.74) is -3.61. The highest BCUT2D eigenvalue weighted by Gasteiger charge is 2.33. The van der Waals surface area contributed by atoms with Crippen molar-refractivity contribution in [2.24, 2.45) is 0 Å². The maximum Gasteiger partial charge on any atom is 0.446 e. The SMILES string of the molecule is CC1SC(Cc2ccccc2SC(F)(F)F)CC1=O. The molecule has 1 heterocycles. The minimum Gasteiger partial charge on any atom is -0.298 e. The number of ketones is 1. The van der Waals surface area contributed by atoms with E-state index in [9.17, 15) is 18.0 Å². The molecular formula is C13H13F3OS2. The topological polar surface area (TPSA) is 17.1 Å². The van der Waals surface area contributed by atoms with Crippen molar-refractivity contribution in [2.45, 2.75) is 40.7 Å². The van der Waals surface area contributed by atoms with Crippen molar-refractivity contribution in [1.82, 2.24) is 0 Å². The molecule has 1 fully saturated rings. The molecule has 0 radical (unpaired) electrons. The zero-order valence-corrected chi connectivity index (χ0v) is 11.9. The van der Waals surface area contributed by atoms with E-state index in [0.717, 1.165) is 0 Å². The van der Waals surface area contributed by atoms with E-state index in [1.807, 2.05) is 6.92 Å². The van der Waals surface area contributed by atoms with Crippen LogP contribution in [0.2, 0.25) is 0 Å². The van der Waals surface area contributed by atoms with Crippen LogP contribution in [-0.2, 0) is 11.2 Å². The van der Waals surface area contributed by atoms with Crippen molar-refractivity contribution in [3.05, 3.63) is 29.8 Å². The second-order valence-corrected chi connectivity index (χ2v) is 7.18. The second kappa shape index (κ2) is 5.79. The molecule has 1 aliphatic rings. The van der Waals surface area contributed by atoms with Gasteiger partial charge in [-0.1, -0.05) is 18.2 Å². The van der Waals surface area contributed by atoms with Crippen LogP contribution in [-0.4, -0.2) is 21.8 Å². The summed E-state index contributed by atoms with van der Waals surface area (Å²) in [5.74, 6) is 0.191. The summed E-state index contributed by atoms with van der Waals surface area (Å²) in [6.07, 6.45) is 0.969. The Balaban J connectivity index is 2.10. The molecule has 0 saturated carbocycles. The normalized spacial score (nSPS) is 23.9. The minimum absolute atomic E-state index is 0.0348. The van der Waals surface area contributed by atoms with Crippen LogP contribution in [0.25, 0.3) is 0 Å². The number of benzene rings is 1. The molecule has 0 bridgehead atoms. The quantitative estimate of drug-likeness (QED) is 0.775. The van der Waals surface area contributed by atoms with E-state index in [0.29, 0.717) is 18.4 Å². The average Bonchev–Trinajstić information content (AvgIpc) is 2.59. The fraction of sp³-hybridized carbons (Fsp3) is 0.462. The first kappa shape index (κ1) is 14.8. The Hall–Kier alpha value is -0.620. The van der Waals surface area contributed by atoms with Crippen LogP contribution >= 0.6 is 23.5 Å². The van der Waals surface area contributed by atoms with E-state index >= 15 is 0 Å². The Morgan fingerprint density at radius 2 is 2.05 bits per heavy atom.